The highest BCUT2D eigenvalue weighted by Crippen LogP contribution is 2.36. The Morgan fingerprint density at radius 3 is 2.50 bits per heavy atom. The van der Waals surface area contributed by atoms with Crippen LogP contribution >= 0.6 is 0 Å². The minimum absolute atomic E-state index is 0.0984. The van der Waals surface area contributed by atoms with Gasteiger partial charge in [0, 0.05) is 11.1 Å². The van der Waals surface area contributed by atoms with Gasteiger partial charge in [0.15, 0.2) is 0 Å². The number of rotatable bonds is 5. The molecule has 0 aliphatic heterocycles. The summed E-state index contributed by atoms with van der Waals surface area (Å²) < 4.78 is 13.4. The summed E-state index contributed by atoms with van der Waals surface area (Å²) in [6.07, 6.45) is 3.03. The number of hydrogen-bond donors (Lipinski definition) is 1. The first-order valence-corrected chi connectivity index (χ1v) is 11.0. The molecule has 3 heterocycles. The van der Waals surface area contributed by atoms with Crippen LogP contribution in [0.25, 0.3) is 21.9 Å². The number of nitrogens with zero attached hydrogens (tertiary/aromatic N) is 3. The molecule has 0 atom stereocenters. The summed E-state index contributed by atoms with van der Waals surface area (Å²) in [6.45, 7) is 8.33. The lowest BCUT2D eigenvalue weighted by Crippen LogP contribution is -2.20. The number of anilines is 1. The molecular weight excluding hydrogens is 432 g/mol. The summed E-state index contributed by atoms with van der Waals surface area (Å²) in [7, 11) is 0. The van der Waals surface area contributed by atoms with E-state index in [1.54, 1.807) is 11.0 Å². The molecule has 0 saturated heterocycles. The maximum absolute atomic E-state index is 12.8. The van der Waals surface area contributed by atoms with Gasteiger partial charge in [-0.1, -0.05) is 12.1 Å². The molecule has 0 unspecified atom stereocenters. The van der Waals surface area contributed by atoms with Crippen molar-refractivity contribution in [1.82, 2.24) is 14.8 Å². The van der Waals surface area contributed by atoms with E-state index in [4.69, 9.17) is 8.83 Å². The molecule has 0 fully saturated rings. The second-order valence-corrected chi connectivity index (χ2v) is 8.56. The summed E-state index contributed by atoms with van der Waals surface area (Å²) >= 11 is 0. The first kappa shape index (κ1) is 21.6. The van der Waals surface area contributed by atoms with Crippen LogP contribution in [0, 0.1) is 27.7 Å². The quantitative estimate of drug-likeness (QED) is 0.388. The highest BCUT2D eigenvalue weighted by molar-refractivity contribution is 6.07. The van der Waals surface area contributed by atoms with Crippen molar-refractivity contribution in [2.75, 3.05) is 5.32 Å². The fraction of sp³-hybridized carbons (Fsp3) is 0.231. The molecule has 172 valence electrons. The van der Waals surface area contributed by atoms with Crippen molar-refractivity contribution in [2.24, 2.45) is 0 Å². The lowest BCUT2D eigenvalue weighted by Gasteiger charge is -2.10. The van der Waals surface area contributed by atoms with Crippen molar-refractivity contribution < 1.29 is 13.6 Å². The Labute approximate surface area is 195 Å². The SMILES string of the molecule is Cc1oc2c(c(C)cc3oc(=O)c(CC(=O)Nc4ccc(Cn5cncn5)cc4)c(C)c32)c1C. The molecule has 0 radical (unpaired) electrons. The Bertz CT molecular complexity index is 1590. The maximum atomic E-state index is 12.8. The standard InChI is InChI=1S/C26H24N4O4/c1-14-9-21-24(25-23(14)15(2)17(4)33-25)16(3)20(26(32)34-21)10-22(31)29-19-7-5-18(6-8-19)11-30-13-27-12-28-30/h5-9,12-13H,10-11H2,1-4H3,(H,29,31). The predicted octanol–water partition coefficient (Wildman–Crippen LogP) is 4.59. The minimum atomic E-state index is -0.512. The molecule has 0 saturated carbocycles. The van der Waals surface area contributed by atoms with Crippen molar-refractivity contribution in [2.45, 2.75) is 40.7 Å². The Balaban J connectivity index is 1.42. The fourth-order valence-corrected chi connectivity index (χ4v) is 4.40. The lowest BCUT2D eigenvalue weighted by molar-refractivity contribution is -0.115. The molecule has 0 bridgehead atoms. The van der Waals surface area contributed by atoms with Crippen molar-refractivity contribution in [3.8, 4) is 0 Å². The van der Waals surface area contributed by atoms with Crippen LogP contribution in [0.5, 0.6) is 0 Å². The maximum Gasteiger partial charge on any atom is 0.340 e. The smallest absolute Gasteiger partial charge is 0.340 e. The van der Waals surface area contributed by atoms with E-state index >= 15 is 0 Å². The van der Waals surface area contributed by atoms with Gasteiger partial charge in [-0.2, -0.15) is 5.10 Å². The van der Waals surface area contributed by atoms with Gasteiger partial charge >= 0.3 is 5.63 Å². The van der Waals surface area contributed by atoms with Crippen molar-refractivity contribution >= 4 is 33.5 Å². The number of nitrogens with one attached hydrogen (secondary N) is 1. The largest absolute Gasteiger partial charge is 0.460 e. The molecule has 1 amide bonds. The number of carbonyl (C=O) groups excluding carboxylic acids is 1. The molecule has 3 aromatic heterocycles. The van der Waals surface area contributed by atoms with E-state index in [0.717, 1.165) is 33.2 Å². The van der Waals surface area contributed by atoms with Gasteiger partial charge in [-0.25, -0.2) is 14.5 Å². The van der Waals surface area contributed by atoms with Crippen LogP contribution in [0.15, 0.2) is 56.6 Å². The number of amides is 1. The summed E-state index contributed by atoms with van der Waals surface area (Å²) in [5.74, 6) is 0.525. The molecule has 2 aromatic carbocycles. The van der Waals surface area contributed by atoms with Crippen LogP contribution in [-0.2, 0) is 17.8 Å². The Kier molecular flexibility index (Phi) is 5.28. The zero-order valence-corrected chi connectivity index (χ0v) is 19.4. The monoisotopic (exact) mass is 456 g/mol. The minimum Gasteiger partial charge on any atom is -0.460 e. The first-order chi connectivity index (χ1) is 16.3. The van der Waals surface area contributed by atoms with E-state index in [0.29, 0.717) is 34.5 Å². The molecule has 8 heteroatoms. The van der Waals surface area contributed by atoms with E-state index in [-0.39, 0.29) is 12.3 Å². The summed E-state index contributed by atoms with van der Waals surface area (Å²) in [5, 5.41) is 8.70. The molecule has 8 nitrogen and oxygen atoms in total. The average Bonchev–Trinajstić information content (AvgIpc) is 3.40. The van der Waals surface area contributed by atoms with Gasteiger partial charge in [-0.05, 0) is 68.1 Å². The van der Waals surface area contributed by atoms with E-state index < -0.39 is 5.63 Å². The molecule has 34 heavy (non-hydrogen) atoms. The second-order valence-electron chi connectivity index (χ2n) is 8.56. The average molecular weight is 457 g/mol. The van der Waals surface area contributed by atoms with Crippen LogP contribution in [0.1, 0.15) is 33.6 Å². The fourth-order valence-electron chi connectivity index (χ4n) is 4.40. The number of aromatic nitrogens is 3. The molecule has 1 N–H and O–H groups in total. The van der Waals surface area contributed by atoms with Gasteiger partial charge < -0.3 is 14.2 Å². The molecule has 0 spiro atoms. The second kappa shape index (κ2) is 8.30. The van der Waals surface area contributed by atoms with Crippen LogP contribution in [0.4, 0.5) is 5.69 Å². The number of aryl methyl sites for hydroxylation is 4. The molecular formula is C26H24N4O4. The highest BCUT2D eigenvalue weighted by atomic mass is 16.4. The van der Waals surface area contributed by atoms with Gasteiger partial charge in [0.1, 0.15) is 29.6 Å². The van der Waals surface area contributed by atoms with Crippen LogP contribution in [0.2, 0.25) is 0 Å². The molecule has 5 aromatic rings. The third kappa shape index (κ3) is 3.77. The number of carbonyl (C=O) groups is 1. The van der Waals surface area contributed by atoms with Gasteiger partial charge in [0.2, 0.25) is 5.91 Å². The Morgan fingerprint density at radius 1 is 1.03 bits per heavy atom. The lowest BCUT2D eigenvalue weighted by atomic mass is 9.98. The third-order valence-electron chi connectivity index (χ3n) is 6.26. The summed E-state index contributed by atoms with van der Waals surface area (Å²) in [6, 6.07) is 9.32. The zero-order chi connectivity index (χ0) is 24.0. The summed E-state index contributed by atoms with van der Waals surface area (Å²) in [5.41, 5.74) is 5.38. The topological polar surface area (TPSA) is 103 Å². The number of furan rings is 1. The van der Waals surface area contributed by atoms with E-state index in [2.05, 4.69) is 15.4 Å². The number of hydrogen-bond acceptors (Lipinski definition) is 6. The van der Waals surface area contributed by atoms with Crippen molar-refractivity contribution in [3.05, 3.63) is 87.0 Å². The van der Waals surface area contributed by atoms with Gasteiger partial charge in [-0.3, -0.25) is 4.79 Å². The predicted molar refractivity (Wildman–Crippen MR) is 129 cm³/mol. The van der Waals surface area contributed by atoms with E-state index in [1.807, 2.05) is 58.0 Å². The van der Waals surface area contributed by atoms with Gasteiger partial charge in [0.25, 0.3) is 0 Å². The van der Waals surface area contributed by atoms with Crippen molar-refractivity contribution in [3.63, 3.8) is 0 Å². The van der Waals surface area contributed by atoms with Crippen LogP contribution < -0.4 is 10.9 Å². The Morgan fingerprint density at radius 2 is 1.79 bits per heavy atom. The molecule has 5 rings (SSSR count). The summed E-state index contributed by atoms with van der Waals surface area (Å²) in [4.78, 5) is 29.5. The third-order valence-corrected chi connectivity index (χ3v) is 6.26. The van der Waals surface area contributed by atoms with E-state index in [1.165, 1.54) is 6.33 Å². The van der Waals surface area contributed by atoms with Gasteiger partial charge in [-0.15, -0.1) is 0 Å². The molecule has 0 aliphatic rings. The number of benzene rings is 2. The Hall–Kier alpha value is -4.20. The van der Waals surface area contributed by atoms with Crippen LogP contribution in [0.3, 0.4) is 0 Å². The molecule has 0 aliphatic carbocycles. The zero-order valence-electron chi connectivity index (χ0n) is 19.4. The number of fused-ring (bicyclic) bond motifs is 3. The van der Waals surface area contributed by atoms with E-state index in [9.17, 15) is 9.59 Å². The first-order valence-electron chi connectivity index (χ1n) is 11.0. The normalized spacial score (nSPS) is 11.4. The van der Waals surface area contributed by atoms with Crippen molar-refractivity contribution in [1.29, 1.82) is 0 Å². The van der Waals surface area contributed by atoms with Crippen LogP contribution in [-0.4, -0.2) is 20.7 Å². The van der Waals surface area contributed by atoms with Gasteiger partial charge in [0.05, 0.1) is 23.9 Å². The highest BCUT2D eigenvalue weighted by Gasteiger charge is 2.21.